The van der Waals surface area contributed by atoms with Gasteiger partial charge in [-0.2, -0.15) is 0 Å². The summed E-state index contributed by atoms with van der Waals surface area (Å²) in [6.45, 7) is 6.90. The minimum Gasteiger partial charge on any atom is -0.373 e. The number of likely N-dealkylation sites (tertiary alicyclic amines) is 1. The van der Waals surface area contributed by atoms with Crippen molar-refractivity contribution in [2.45, 2.75) is 38.9 Å². The van der Waals surface area contributed by atoms with E-state index >= 15 is 0 Å². The lowest BCUT2D eigenvalue weighted by Gasteiger charge is -2.29. The number of pyridine rings is 1. The Labute approximate surface area is 189 Å². The number of hydrogen-bond acceptors (Lipinski definition) is 4. The van der Waals surface area contributed by atoms with E-state index in [-0.39, 0.29) is 0 Å². The third-order valence-corrected chi connectivity index (χ3v) is 6.14. The van der Waals surface area contributed by atoms with Crippen LogP contribution in [0, 0.1) is 11.8 Å². The molecule has 0 bridgehead atoms. The van der Waals surface area contributed by atoms with Gasteiger partial charge < -0.3 is 20.1 Å². The van der Waals surface area contributed by atoms with Gasteiger partial charge in [0, 0.05) is 30.0 Å². The third-order valence-electron chi connectivity index (χ3n) is 5.92. The normalized spacial score (nSPS) is 15.1. The van der Waals surface area contributed by atoms with Crippen LogP contribution < -0.4 is 10.6 Å². The number of aryl methyl sites for hydroxylation is 1. The number of fused-ring (bicyclic) bond motifs is 1. The first-order chi connectivity index (χ1) is 15.1. The summed E-state index contributed by atoms with van der Waals surface area (Å²) < 4.78 is 2.28. The Bertz CT molecular complexity index is 1070. The second-order valence-corrected chi connectivity index (χ2v) is 8.54. The van der Waals surface area contributed by atoms with Crippen LogP contribution in [0.3, 0.4) is 0 Å². The molecule has 3 aromatic rings. The van der Waals surface area contributed by atoms with Crippen LogP contribution in [0.4, 0.5) is 5.69 Å². The van der Waals surface area contributed by atoms with Gasteiger partial charge in [0.2, 0.25) is 0 Å². The summed E-state index contributed by atoms with van der Waals surface area (Å²) in [4.78, 5) is 6.48. The molecule has 4 rings (SSSR count). The highest BCUT2D eigenvalue weighted by molar-refractivity contribution is 6.29. The molecule has 1 fully saturated rings. The summed E-state index contributed by atoms with van der Waals surface area (Å²) in [5.74, 6) is 6.55. The van der Waals surface area contributed by atoms with Crippen LogP contribution in [0.25, 0.3) is 10.9 Å². The van der Waals surface area contributed by atoms with Gasteiger partial charge >= 0.3 is 0 Å². The van der Waals surface area contributed by atoms with Crippen molar-refractivity contribution in [1.82, 2.24) is 19.8 Å². The van der Waals surface area contributed by atoms with E-state index in [1.165, 1.54) is 42.4 Å². The van der Waals surface area contributed by atoms with Crippen molar-refractivity contribution < 1.29 is 0 Å². The molecular weight excluding hydrogens is 406 g/mol. The molecule has 3 heterocycles. The Hall–Kier alpha value is -2.52. The zero-order valence-corrected chi connectivity index (χ0v) is 19.0. The molecule has 2 N–H and O–H groups in total. The Morgan fingerprint density at radius 3 is 2.74 bits per heavy atom. The molecule has 1 aliphatic heterocycles. The van der Waals surface area contributed by atoms with Gasteiger partial charge in [0.25, 0.3) is 0 Å². The summed E-state index contributed by atoms with van der Waals surface area (Å²) >= 11 is 5.83. The fraction of sp³-hybridized carbons (Fsp3) is 0.400. The first kappa shape index (κ1) is 21.7. The maximum Gasteiger partial charge on any atom is 0.129 e. The maximum absolute atomic E-state index is 5.83. The highest BCUT2D eigenvalue weighted by Gasteiger charge is 2.16. The molecule has 6 heteroatoms. The molecule has 31 heavy (non-hydrogen) atoms. The van der Waals surface area contributed by atoms with Gasteiger partial charge in [-0.3, -0.25) is 0 Å². The van der Waals surface area contributed by atoms with Crippen molar-refractivity contribution >= 4 is 28.2 Å². The van der Waals surface area contributed by atoms with Crippen molar-refractivity contribution in [3.05, 3.63) is 59.0 Å². The second kappa shape index (κ2) is 10.2. The van der Waals surface area contributed by atoms with Crippen LogP contribution in [-0.2, 0) is 13.1 Å². The first-order valence-electron chi connectivity index (χ1n) is 11.0. The van der Waals surface area contributed by atoms with Crippen molar-refractivity contribution in [3.8, 4) is 11.8 Å². The fourth-order valence-corrected chi connectivity index (χ4v) is 4.22. The minimum absolute atomic E-state index is 0.491. The van der Waals surface area contributed by atoms with Gasteiger partial charge in [-0.25, -0.2) is 4.98 Å². The topological polar surface area (TPSA) is 45.1 Å². The Morgan fingerprint density at radius 2 is 2.00 bits per heavy atom. The summed E-state index contributed by atoms with van der Waals surface area (Å²) in [6, 6.07) is 13.3. The summed E-state index contributed by atoms with van der Waals surface area (Å²) in [6.07, 6.45) is 4.17. The average Bonchev–Trinajstić information content (AvgIpc) is 3.14. The fourth-order valence-electron chi connectivity index (χ4n) is 4.11. The molecule has 162 valence electrons. The molecule has 0 radical (unpaired) electrons. The molecule has 1 aliphatic rings. The highest BCUT2D eigenvalue weighted by atomic mass is 35.5. The van der Waals surface area contributed by atoms with E-state index in [0.717, 1.165) is 24.5 Å². The molecule has 0 atom stereocenters. The largest absolute Gasteiger partial charge is 0.373 e. The standard InChI is InChI=1S/C25H30ClN5/c1-3-31-23(5-4-12-27-22-7-9-25(26)29-18-22)16-20-15-19(6-8-24(20)31)17-28-21-10-13-30(2)14-11-21/h6-9,15-16,18,21,27-28H,3,10-14,17H2,1-2H3. The molecule has 1 saturated heterocycles. The lowest BCUT2D eigenvalue weighted by atomic mass is 10.0. The second-order valence-electron chi connectivity index (χ2n) is 8.15. The van der Waals surface area contributed by atoms with Crippen molar-refractivity contribution in [2.75, 3.05) is 32.0 Å². The number of piperidine rings is 1. The van der Waals surface area contributed by atoms with Gasteiger partial charge in [-0.1, -0.05) is 23.6 Å². The van der Waals surface area contributed by atoms with Crippen LogP contribution >= 0.6 is 11.6 Å². The van der Waals surface area contributed by atoms with Gasteiger partial charge in [-0.15, -0.1) is 0 Å². The zero-order chi connectivity index (χ0) is 21.6. The number of rotatable bonds is 6. The zero-order valence-electron chi connectivity index (χ0n) is 18.3. The molecule has 0 saturated carbocycles. The summed E-state index contributed by atoms with van der Waals surface area (Å²) in [5.41, 5.74) is 4.53. The summed E-state index contributed by atoms with van der Waals surface area (Å²) in [7, 11) is 2.20. The number of hydrogen-bond donors (Lipinski definition) is 2. The van der Waals surface area contributed by atoms with Crippen molar-refractivity contribution in [2.24, 2.45) is 0 Å². The van der Waals surface area contributed by atoms with Crippen molar-refractivity contribution in [3.63, 3.8) is 0 Å². The van der Waals surface area contributed by atoms with Gasteiger partial charge in [0.1, 0.15) is 5.15 Å². The van der Waals surface area contributed by atoms with Gasteiger partial charge in [0.15, 0.2) is 0 Å². The molecule has 5 nitrogen and oxygen atoms in total. The quantitative estimate of drug-likeness (QED) is 0.446. The molecular formula is C25H30ClN5. The van der Waals surface area contributed by atoms with Crippen LogP contribution in [0.15, 0.2) is 42.6 Å². The Kier molecular flexibility index (Phi) is 7.14. The molecule has 0 spiro atoms. The molecule has 2 aromatic heterocycles. The molecule has 1 aromatic carbocycles. The van der Waals surface area contributed by atoms with E-state index in [2.05, 4.69) is 75.2 Å². The first-order valence-corrected chi connectivity index (χ1v) is 11.4. The monoisotopic (exact) mass is 435 g/mol. The predicted octanol–water partition coefficient (Wildman–Crippen LogP) is 4.36. The van der Waals surface area contributed by atoms with E-state index in [4.69, 9.17) is 11.6 Å². The number of anilines is 1. The van der Waals surface area contributed by atoms with E-state index in [0.29, 0.717) is 17.7 Å². The van der Waals surface area contributed by atoms with Gasteiger partial charge in [-0.05, 0) is 81.7 Å². The van der Waals surface area contributed by atoms with Crippen LogP contribution in [0.1, 0.15) is 31.0 Å². The lowest BCUT2D eigenvalue weighted by molar-refractivity contribution is 0.234. The minimum atomic E-state index is 0.491. The van der Waals surface area contributed by atoms with Crippen LogP contribution in [0.2, 0.25) is 5.15 Å². The summed E-state index contributed by atoms with van der Waals surface area (Å²) in [5, 5.41) is 8.74. The van der Waals surface area contributed by atoms with E-state index in [9.17, 15) is 0 Å². The Morgan fingerprint density at radius 1 is 1.16 bits per heavy atom. The predicted molar refractivity (Wildman–Crippen MR) is 130 cm³/mol. The van der Waals surface area contributed by atoms with E-state index in [1.807, 2.05) is 6.07 Å². The van der Waals surface area contributed by atoms with Crippen molar-refractivity contribution in [1.29, 1.82) is 0 Å². The molecule has 0 aliphatic carbocycles. The average molecular weight is 436 g/mol. The number of halogens is 1. The smallest absolute Gasteiger partial charge is 0.129 e. The maximum atomic E-state index is 5.83. The van der Waals surface area contributed by atoms with Crippen LogP contribution in [-0.4, -0.2) is 47.2 Å². The number of nitrogens with one attached hydrogen (secondary N) is 2. The molecule has 0 amide bonds. The van der Waals surface area contributed by atoms with Crippen LogP contribution in [0.5, 0.6) is 0 Å². The highest BCUT2D eigenvalue weighted by Crippen LogP contribution is 2.21. The molecule has 0 unspecified atom stereocenters. The Balaban J connectivity index is 1.41. The third kappa shape index (κ3) is 5.59. The number of benzene rings is 1. The van der Waals surface area contributed by atoms with E-state index < -0.39 is 0 Å². The lowest BCUT2D eigenvalue weighted by Crippen LogP contribution is -2.40. The number of nitrogens with zero attached hydrogens (tertiary/aromatic N) is 3. The number of aromatic nitrogens is 2. The van der Waals surface area contributed by atoms with Gasteiger partial charge in [0.05, 0.1) is 24.1 Å². The van der Waals surface area contributed by atoms with E-state index in [1.54, 1.807) is 12.3 Å². The SMILES string of the molecule is CCn1c(C#CCNc2ccc(Cl)nc2)cc2cc(CNC3CCN(C)CC3)ccc21.